The van der Waals surface area contributed by atoms with Crippen LogP contribution in [-0.2, 0) is 0 Å². The number of nitrogens with zero attached hydrogens (tertiary/aromatic N) is 1. The van der Waals surface area contributed by atoms with Gasteiger partial charge in [0.1, 0.15) is 0 Å². The fourth-order valence-electron chi connectivity index (χ4n) is 1.17. The van der Waals surface area contributed by atoms with Gasteiger partial charge in [-0.15, -0.1) is 0 Å². The summed E-state index contributed by atoms with van der Waals surface area (Å²) >= 11 is 6.00. The van der Waals surface area contributed by atoms with Crippen molar-refractivity contribution in [1.82, 2.24) is 0 Å². The van der Waals surface area contributed by atoms with Crippen LogP contribution in [0.2, 0.25) is 5.02 Å². The van der Waals surface area contributed by atoms with Crippen LogP contribution in [-0.4, -0.2) is 0 Å². The molecule has 0 fully saturated rings. The minimum Gasteiger partial charge on any atom is -0.192 e. The van der Waals surface area contributed by atoms with E-state index in [4.69, 9.17) is 16.9 Å². The maximum absolute atomic E-state index is 8.77. The number of hydrogen-bond donors (Lipinski definition) is 0. The van der Waals surface area contributed by atoms with E-state index >= 15 is 0 Å². The van der Waals surface area contributed by atoms with Gasteiger partial charge in [-0.05, 0) is 43.5 Å². The molecule has 0 N–H and O–H groups in total. The molecule has 1 rings (SSSR count). The highest BCUT2D eigenvalue weighted by Crippen LogP contribution is 2.25. The van der Waals surface area contributed by atoms with Gasteiger partial charge in [-0.2, -0.15) is 5.26 Å². The molecule has 1 nitrogen and oxygen atoms in total. The van der Waals surface area contributed by atoms with Crippen LogP contribution in [0.1, 0.15) is 22.3 Å². The van der Waals surface area contributed by atoms with Gasteiger partial charge in [-0.1, -0.05) is 11.6 Å². The highest BCUT2D eigenvalue weighted by atomic mass is 35.5. The van der Waals surface area contributed by atoms with Gasteiger partial charge in [0.2, 0.25) is 0 Å². The standard InChI is InChI=1S/C10H10ClN/c1-6-4-9(5-12)7(2)8(3)10(6)11/h4H,1-3H3. The Morgan fingerprint density at radius 3 is 2.33 bits per heavy atom. The van der Waals surface area contributed by atoms with Gasteiger partial charge in [0.25, 0.3) is 0 Å². The first-order chi connectivity index (χ1) is 5.57. The first-order valence-electron chi connectivity index (χ1n) is 3.74. The van der Waals surface area contributed by atoms with Crippen LogP contribution in [0.25, 0.3) is 0 Å². The van der Waals surface area contributed by atoms with E-state index < -0.39 is 0 Å². The Kier molecular flexibility index (Phi) is 2.40. The third-order valence-corrected chi connectivity index (χ3v) is 2.70. The summed E-state index contributed by atoms with van der Waals surface area (Å²) in [5, 5.41) is 9.54. The van der Waals surface area contributed by atoms with Crippen molar-refractivity contribution in [2.24, 2.45) is 0 Å². The summed E-state index contributed by atoms with van der Waals surface area (Å²) < 4.78 is 0. The van der Waals surface area contributed by atoms with Gasteiger partial charge in [0, 0.05) is 5.02 Å². The Bertz CT molecular complexity index is 361. The monoisotopic (exact) mass is 179 g/mol. The van der Waals surface area contributed by atoms with Gasteiger partial charge < -0.3 is 0 Å². The van der Waals surface area contributed by atoms with E-state index in [1.165, 1.54) is 0 Å². The lowest BCUT2D eigenvalue weighted by Crippen LogP contribution is -1.91. The molecule has 0 unspecified atom stereocenters. The number of hydrogen-bond acceptors (Lipinski definition) is 1. The molecule has 0 aliphatic heterocycles. The second-order valence-corrected chi connectivity index (χ2v) is 3.29. The minimum absolute atomic E-state index is 0.717. The van der Waals surface area contributed by atoms with E-state index in [0.29, 0.717) is 0 Å². The zero-order chi connectivity index (χ0) is 9.30. The van der Waals surface area contributed by atoms with Gasteiger partial charge in [0.05, 0.1) is 11.6 Å². The molecule has 0 saturated heterocycles. The van der Waals surface area contributed by atoms with Crippen molar-refractivity contribution in [3.05, 3.63) is 33.3 Å². The van der Waals surface area contributed by atoms with Gasteiger partial charge >= 0.3 is 0 Å². The molecule has 0 aromatic heterocycles. The molecule has 12 heavy (non-hydrogen) atoms. The zero-order valence-electron chi connectivity index (χ0n) is 7.40. The molecule has 0 atom stereocenters. The Hall–Kier alpha value is -1.000. The summed E-state index contributed by atoms with van der Waals surface area (Å²) in [6, 6.07) is 3.97. The fourth-order valence-corrected chi connectivity index (χ4v) is 1.36. The van der Waals surface area contributed by atoms with Gasteiger partial charge in [-0.25, -0.2) is 0 Å². The lowest BCUT2D eigenvalue weighted by molar-refractivity contribution is 1.27. The largest absolute Gasteiger partial charge is 0.192 e. The molecule has 0 amide bonds. The van der Waals surface area contributed by atoms with Crippen molar-refractivity contribution in [1.29, 1.82) is 5.26 Å². The molecular weight excluding hydrogens is 170 g/mol. The third kappa shape index (κ3) is 1.31. The van der Waals surface area contributed by atoms with E-state index in [1.807, 2.05) is 26.8 Å². The molecular formula is C10H10ClN. The van der Waals surface area contributed by atoms with Crippen molar-refractivity contribution < 1.29 is 0 Å². The van der Waals surface area contributed by atoms with Crippen LogP contribution in [0.15, 0.2) is 6.07 Å². The Labute approximate surface area is 77.6 Å². The summed E-state index contributed by atoms with van der Waals surface area (Å²) in [7, 11) is 0. The summed E-state index contributed by atoms with van der Waals surface area (Å²) in [4.78, 5) is 0. The third-order valence-electron chi connectivity index (χ3n) is 2.12. The molecule has 0 heterocycles. The quantitative estimate of drug-likeness (QED) is 0.600. The average molecular weight is 180 g/mol. The normalized spacial score (nSPS) is 9.58. The van der Waals surface area contributed by atoms with E-state index in [2.05, 4.69) is 6.07 Å². The summed E-state index contributed by atoms with van der Waals surface area (Å²) in [6.45, 7) is 5.76. The number of halogens is 1. The van der Waals surface area contributed by atoms with E-state index in [9.17, 15) is 0 Å². The molecule has 0 aliphatic carbocycles. The molecule has 1 aromatic rings. The first kappa shape index (κ1) is 9.09. The lowest BCUT2D eigenvalue weighted by Gasteiger charge is -2.07. The second-order valence-electron chi connectivity index (χ2n) is 2.92. The molecule has 1 aromatic carbocycles. The van der Waals surface area contributed by atoms with Crippen molar-refractivity contribution in [2.45, 2.75) is 20.8 Å². The van der Waals surface area contributed by atoms with Crippen molar-refractivity contribution in [2.75, 3.05) is 0 Å². The average Bonchev–Trinajstić information content (AvgIpc) is 2.08. The van der Waals surface area contributed by atoms with Crippen LogP contribution in [0, 0.1) is 32.1 Å². The number of nitriles is 1. The molecule has 0 radical (unpaired) electrons. The van der Waals surface area contributed by atoms with Crippen LogP contribution in [0.3, 0.4) is 0 Å². The van der Waals surface area contributed by atoms with Gasteiger partial charge in [-0.3, -0.25) is 0 Å². The Morgan fingerprint density at radius 2 is 1.83 bits per heavy atom. The second kappa shape index (κ2) is 3.16. The maximum Gasteiger partial charge on any atom is 0.0994 e. The molecule has 2 heteroatoms. The maximum atomic E-state index is 8.77. The molecule has 62 valence electrons. The number of rotatable bonds is 0. The Morgan fingerprint density at radius 1 is 1.25 bits per heavy atom. The predicted molar refractivity (Wildman–Crippen MR) is 50.4 cm³/mol. The number of benzene rings is 1. The SMILES string of the molecule is Cc1cc(C#N)c(C)c(C)c1Cl. The lowest BCUT2D eigenvalue weighted by atomic mass is 10.0. The Balaban J connectivity index is 3.52. The molecule has 0 bridgehead atoms. The molecule has 0 aliphatic rings. The molecule has 0 saturated carbocycles. The highest BCUT2D eigenvalue weighted by molar-refractivity contribution is 6.32. The fraction of sp³-hybridized carbons (Fsp3) is 0.300. The van der Waals surface area contributed by atoms with Crippen molar-refractivity contribution in [3.63, 3.8) is 0 Å². The van der Waals surface area contributed by atoms with Gasteiger partial charge in [0.15, 0.2) is 0 Å². The smallest absolute Gasteiger partial charge is 0.0994 e. The van der Waals surface area contributed by atoms with Crippen LogP contribution >= 0.6 is 11.6 Å². The van der Waals surface area contributed by atoms with E-state index in [0.717, 1.165) is 27.3 Å². The first-order valence-corrected chi connectivity index (χ1v) is 4.12. The summed E-state index contributed by atoms with van der Waals surface area (Å²) in [6.07, 6.45) is 0. The van der Waals surface area contributed by atoms with Crippen molar-refractivity contribution >= 4 is 11.6 Å². The van der Waals surface area contributed by atoms with Crippen molar-refractivity contribution in [3.8, 4) is 6.07 Å². The highest BCUT2D eigenvalue weighted by Gasteiger charge is 2.06. The van der Waals surface area contributed by atoms with Crippen LogP contribution in [0.5, 0.6) is 0 Å². The summed E-state index contributed by atoms with van der Waals surface area (Å²) in [5.41, 5.74) is 3.67. The van der Waals surface area contributed by atoms with E-state index in [-0.39, 0.29) is 0 Å². The van der Waals surface area contributed by atoms with Crippen LogP contribution in [0.4, 0.5) is 0 Å². The zero-order valence-corrected chi connectivity index (χ0v) is 8.16. The van der Waals surface area contributed by atoms with Crippen LogP contribution < -0.4 is 0 Å². The minimum atomic E-state index is 0.717. The topological polar surface area (TPSA) is 23.8 Å². The summed E-state index contributed by atoms with van der Waals surface area (Å²) in [5.74, 6) is 0. The predicted octanol–water partition coefficient (Wildman–Crippen LogP) is 3.14. The number of aryl methyl sites for hydroxylation is 1. The van der Waals surface area contributed by atoms with E-state index in [1.54, 1.807) is 0 Å². The molecule has 0 spiro atoms.